The highest BCUT2D eigenvalue weighted by atomic mass is 35.5. The number of allylic oxidation sites excluding steroid dienone is 1. The first-order valence-electron chi connectivity index (χ1n) is 12.9. The van der Waals surface area contributed by atoms with E-state index in [0.717, 1.165) is 24.5 Å². The molecule has 2 saturated heterocycles. The van der Waals surface area contributed by atoms with Gasteiger partial charge in [0.15, 0.2) is 5.96 Å². The van der Waals surface area contributed by atoms with Crippen LogP contribution >= 0.6 is 23.2 Å². The van der Waals surface area contributed by atoms with E-state index in [2.05, 4.69) is 47.9 Å². The molecule has 1 unspecified atom stereocenters. The molecule has 1 aromatic rings. The zero-order valence-corrected chi connectivity index (χ0v) is 24.9. The number of carbonyl (C=O) groups excluding carboxylic acids is 1. The van der Waals surface area contributed by atoms with Crippen LogP contribution in [0.5, 0.6) is 11.5 Å². The molecule has 0 saturated carbocycles. The van der Waals surface area contributed by atoms with Gasteiger partial charge in [0.25, 0.3) is 0 Å². The van der Waals surface area contributed by atoms with Crippen molar-refractivity contribution >= 4 is 46.6 Å². The van der Waals surface area contributed by atoms with Crippen molar-refractivity contribution in [2.24, 2.45) is 27.1 Å². The van der Waals surface area contributed by atoms with Crippen molar-refractivity contribution in [2.75, 3.05) is 40.5 Å². The third kappa shape index (κ3) is 6.24. The fourth-order valence-corrected chi connectivity index (χ4v) is 5.70. The van der Waals surface area contributed by atoms with Crippen LogP contribution in [0.15, 0.2) is 46.6 Å². The summed E-state index contributed by atoms with van der Waals surface area (Å²) >= 11 is 13.5. The molecular formula is C28H36Cl2N6O4. The predicted octanol–water partition coefficient (Wildman–Crippen LogP) is 3.60. The van der Waals surface area contributed by atoms with Crippen molar-refractivity contribution in [1.29, 1.82) is 0 Å². The van der Waals surface area contributed by atoms with Gasteiger partial charge in [-0.3, -0.25) is 4.79 Å². The van der Waals surface area contributed by atoms with Crippen LogP contribution in [0, 0.1) is 11.3 Å². The number of nitrogens with zero attached hydrogens (tertiary/aromatic N) is 3. The number of amides is 1. The van der Waals surface area contributed by atoms with Gasteiger partial charge in [0, 0.05) is 36.8 Å². The molecular weight excluding hydrogens is 555 g/mol. The monoisotopic (exact) mass is 590 g/mol. The Labute approximate surface area is 244 Å². The summed E-state index contributed by atoms with van der Waals surface area (Å²) in [7, 11) is 3.07. The van der Waals surface area contributed by atoms with Crippen LogP contribution in [0.2, 0.25) is 10.0 Å². The van der Waals surface area contributed by atoms with Gasteiger partial charge in [-0.15, -0.1) is 0 Å². The van der Waals surface area contributed by atoms with Gasteiger partial charge in [0.05, 0.1) is 55.3 Å². The smallest absolute Gasteiger partial charge is 0.243 e. The SMILES string of the molecule is C=CC(=O)N[C@H]1COC[C@H]1N=C(N)N/C=C1/C=C(c2c(Cl)c(OC)cc(OC)c2Cl)N=C(N2CC(C)(C)C2)C1C. The number of nitrogens with two attached hydrogens (primary N) is 1. The number of hydrogen-bond acceptors (Lipinski definition) is 7. The van der Waals surface area contributed by atoms with Crippen LogP contribution < -0.4 is 25.8 Å². The van der Waals surface area contributed by atoms with Gasteiger partial charge >= 0.3 is 0 Å². The van der Waals surface area contributed by atoms with Crippen molar-refractivity contribution in [3.8, 4) is 11.5 Å². The highest BCUT2D eigenvalue weighted by Gasteiger charge is 2.39. The van der Waals surface area contributed by atoms with Crippen LogP contribution in [0.25, 0.3) is 5.70 Å². The van der Waals surface area contributed by atoms with Crippen LogP contribution in [0.4, 0.5) is 0 Å². The lowest BCUT2D eigenvalue weighted by atomic mass is 9.82. The molecule has 3 aliphatic rings. The molecule has 10 nitrogen and oxygen atoms in total. The van der Waals surface area contributed by atoms with E-state index in [-0.39, 0.29) is 35.3 Å². The summed E-state index contributed by atoms with van der Waals surface area (Å²) in [5.74, 6) is 1.60. The normalized spacial score (nSPS) is 25.1. The number of hydrogen-bond donors (Lipinski definition) is 3. The van der Waals surface area contributed by atoms with E-state index in [1.807, 2.05) is 6.08 Å². The van der Waals surface area contributed by atoms with E-state index in [4.69, 9.17) is 48.1 Å². The third-order valence-corrected chi connectivity index (χ3v) is 7.82. The summed E-state index contributed by atoms with van der Waals surface area (Å²) in [6, 6.07) is 1.03. The van der Waals surface area contributed by atoms with Crippen molar-refractivity contribution < 1.29 is 19.0 Å². The second kappa shape index (κ2) is 12.1. The van der Waals surface area contributed by atoms with Gasteiger partial charge in [-0.1, -0.05) is 50.6 Å². The molecule has 216 valence electrons. The molecule has 0 aromatic heterocycles. The summed E-state index contributed by atoms with van der Waals surface area (Å²) in [4.78, 5) is 23.6. The summed E-state index contributed by atoms with van der Waals surface area (Å²) in [6.45, 7) is 12.5. The Balaban J connectivity index is 1.68. The summed E-state index contributed by atoms with van der Waals surface area (Å²) in [6.07, 6.45) is 4.93. The maximum atomic E-state index is 11.8. The predicted molar refractivity (Wildman–Crippen MR) is 159 cm³/mol. The minimum absolute atomic E-state index is 0.0559. The lowest BCUT2D eigenvalue weighted by Crippen LogP contribution is -2.57. The molecule has 4 N–H and O–H groups in total. The van der Waals surface area contributed by atoms with E-state index < -0.39 is 0 Å². The molecule has 40 heavy (non-hydrogen) atoms. The van der Waals surface area contributed by atoms with Crippen molar-refractivity contribution in [1.82, 2.24) is 15.5 Å². The molecule has 0 bridgehead atoms. The molecule has 0 aliphatic carbocycles. The lowest BCUT2D eigenvalue weighted by molar-refractivity contribution is -0.117. The van der Waals surface area contributed by atoms with Crippen molar-refractivity contribution in [3.05, 3.63) is 52.2 Å². The maximum Gasteiger partial charge on any atom is 0.243 e. The lowest BCUT2D eigenvalue weighted by Gasteiger charge is -2.49. The third-order valence-electron chi connectivity index (χ3n) is 7.07. The van der Waals surface area contributed by atoms with E-state index in [0.29, 0.717) is 46.0 Å². The molecule has 2 fully saturated rings. The van der Waals surface area contributed by atoms with Gasteiger partial charge in [-0.25, -0.2) is 9.98 Å². The van der Waals surface area contributed by atoms with Crippen LogP contribution in [-0.4, -0.2) is 75.2 Å². The summed E-state index contributed by atoms with van der Waals surface area (Å²) in [5, 5.41) is 6.60. The number of carbonyl (C=O) groups is 1. The Hall–Kier alpha value is -3.21. The first-order valence-corrected chi connectivity index (χ1v) is 13.7. The number of rotatable bonds is 7. The number of amidine groups is 1. The number of aliphatic imine (C=N–C) groups is 2. The molecule has 1 amide bonds. The molecule has 0 spiro atoms. The molecule has 3 aliphatic heterocycles. The molecule has 0 radical (unpaired) electrons. The quantitative estimate of drug-likeness (QED) is 0.252. The topological polar surface area (TPSA) is 123 Å². The fourth-order valence-electron chi connectivity index (χ4n) is 5.01. The Morgan fingerprint density at radius 2 is 1.90 bits per heavy atom. The minimum atomic E-state index is -0.327. The van der Waals surface area contributed by atoms with E-state index in [1.54, 1.807) is 12.3 Å². The number of ether oxygens (including phenoxy) is 3. The first kappa shape index (κ1) is 29.8. The average Bonchev–Trinajstić information content (AvgIpc) is 3.33. The highest BCUT2D eigenvalue weighted by Crippen LogP contribution is 2.46. The minimum Gasteiger partial charge on any atom is -0.495 e. The average molecular weight is 592 g/mol. The zero-order valence-electron chi connectivity index (χ0n) is 23.4. The number of benzene rings is 1. The van der Waals surface area contributed by atoms with Crippen LogP contribution in [-0.2, 0) is 9.53 Å². The van der Waals surface area contributed by atoms with E-state index in [1.165, 1.54) is 20.3 Å². The van der Waals surface area contributed by atoms with Gasteiger partial charge in [0.2, 0.25) is 5.91 Å². The number of guanidine groups is 1. The number of nitrogens with one attached hydrogen (secondary N) is 2. The summed E-state index contributed by atoms with van der Waals surface area (Å²) < 4.78 is 16.5. The second-order valence-electron chi connectivity index (χ2n) is 10.8. The highest BCUT2D eigenvalue weighted by molar-refractivity contribution is 6.39. The summed E-state index contributed by atoms with van der Waals surface area (Å²) in [5.41, 5.74) is 8.43. The number of likely N-dealkylation sites (tertiary alicyclic amines) is 1. The largest absolute Gasteiger partial charge is 0.495 e. The standard InChI is InChI=1S/C28H36Cl2N6O4/c1-7-22(37)33-18-11-40-12-19(18)35-27(31)32-10-16-8-17(34-26(15(16)2)36-13-28(3,4)14-36)23-24(29)20(38-5)9-21(39-6)25(23)30/h7-10,15,18-19H,1,11-14H2,2-6H3,(H,33,37)(H3,31,32,35)/b16-10-/t15?,18-,19+/m0/s1. The number of halogens is 2. The Morgan fingerprint density at radius 1 is 1.25 bits per heavy atom. The molecule has 12 heteroatoms. The maximum absolute atomic E-state index is 11.8. The Bertz CT molecular complexity index is 1270. The van der Waals surface area contributed by atoms with Gasteiger partial charge in [0.1, 0.15) is 17.3 Å². The Kier molecular flexibility index (Phi) is 9.02. The van der Waals surface area contributed by atoms with Gasteiger partial charge in [-0.2, -0.15) is 0 Å². The molecule has 4 rings (SSSR count). The van der Waals surface area contributed by atoms with Crippen LogP contribution in [0.1, 0.15) is 26.3 Å². The van der Waals surface area contributed by atoms with Crippen molar-refractivity contribution in [2.45, 2.75) is 32.9 Å². The van der Waals surface area contributed by atoms with Crippen molar-refractivity contribution in [3.63, 3.8) is 0 Å². The zero-order chi connectivity index (χ0) is 29.2. The fraction of sp³-hybridized carbons (Fsp3) is 0.464. The second-order valence-corrected chi connectivity index (χ2v) is 11.5. The molecule has 3 atom stereocenters. The molecule has 1 aromatic carbocycles. The van der Waals surface area contributed by atoms with Crippen LogP contribution in [0.3, 0.4) is 0 Å². The Morgan fingerprint density at radius 3 is 2.48 bits per heavy atom. The van der Waals surface area contributed by atoms with Gasteiger partial charge in [-0.05, 0) is 23.1 Å². The number of methoxy groups -OCH3 is 2. The van der Waals surface area contributed by atoms with Gasteiger partial charge < -0.3 is 35.5 Å². The van der Waals surface area contributed by atoms with E-state index >= 15 is 0 Å². The van der Waals surface area contributed by atoms with E-state index in [9.17, 15) is 4.79 Å². The molecule has 3 heterocycles. The first-order chi connectivity index (χ1) is 19.0.